The van der Waals surface area contributed by atoms with Gasteiger partial charge in [-0.3, -0.25) is 4.79 Å². The Labute approximate surface area is 236 Å². The zero-order valence-corrected chi connectivity index (χ0v) is 23.2. The summed E-state index contributed by atoms with van der Waals surface area (Å²) in [6, 6.07) is 20.3. The largest absolute Gasteiger partial charge is 0.463 e. The van der Waals surface area contributed by atoms with Crippen molar-refractivity contribution in [1.29, 1.82) is 0 Å². The van der Waals surface area contributed by atoms with Crippen LogP contribution >= 0.6 is 12.4 Å². The highest BCUT2D eigenvalue weighted by Crippen LogP contribution is 2.38. The van der Waals surface area contributed by atoms with E-state index in [1.807, 2.05) is 60.4 Å². The third-order valence-electron chi connectivity index (χ3n) is 7.52. The van der Waals surface area contributed by atoms with E-state index in [0.717, 1.165) is 62.0 Å². The van der Waals surface area contributed by atoms with Crippen LogP contribution in [0, 0.1) is 0 Å². The first-order valence-corrected chi connectivity index (χ1v) is 13.7. The lowest BCUT2D eigenvalue weighted by Gasteiger charge is -2.36. The van der Waals surface area contributed by atoms with Gasteiger partial charge in [-0.1, -0.05) is 67.1 Å². The van der Waals surface area contributed by atoms with Gasteiger partial charge in [-0.2, -0.15) is 0 Å². The molecule has 8 heteroatoms. The summed E-state index contributed by atoms with van der Waals surface area (Å²) < 4.78 is 7.33. The molecule has 1 aromatic heterocycles. The molecule has 7 nitrogen and oxygen atoms in total. The number of carbonyl (C=O) groups excluding carboxylic acids is 2. The Kier molecular flexibility index (Phi) is 9.96. The quantitative estimate of drug-likeness (QED) is 0.323. The van der Waals surface area contributed by atoms with E-state index in [1.165, 1.54) is 5.56 Å². The van der Waals surface area contributed by atoms with E-state index in [1.54, 1.807) is 12.4 Å². The molecule has 5 rings (SSSR count). The molecule has 1 amide bonds. The van der Waals surface area contributed by atoms with Gasteiger partial charge < -0.3 is 19.5 Å². The van der Waals surface area contributed by atoms with Crippen molar-refractivity contribution < 1.29 is 14.3 Å². The number of allylic oxidation sites excluding steroid dienone is 1. The number of esters is 1. The first-order valence-electron chi connectivity index (χ1n) is 13.7. The van der Waals surface area contributed by atoms with Crippen LogP contribution in [0.3, 0.4) is 0 Å². The maximum absolute atomic E-state index is 14.2. The van der Waals surface area contributed by atoms with Gasteiger partial charge in [0.15, 0.2) is 5.69 Å². The lowest BCUT2D eigenvalue weighted by Crippen LogP contribution is -2.54. The van der Waals surface area contributed by atoms with E-state index in [-0.39, 0.29) is 36.4 Å². The van der Waals surface area contributed by atoms with Crippen LogP contribution in [0.15, 0.2) is 78.6 Å². The van der Waals surface area contributed by atoms with E-state index >= 15 is 0 Å². The number of piperazine rings is 1. The van der Waals surface area contributed by atoms with Crippen molar-refractivity contribution in [3.8, 4) is 11.3 Å². The fraction of sp³-hybridized carbons (Fsp3) is 0.387. The van der Waals surface area contributed by atoms with Crippen molar-refractivity contribution >= 4 is 24.3 Å². The summed E-state index contributed by atoms with van der Waals surface area (Å²) in [7, 11) is 0. The van der Waals surface area contributed by atoms with Crippen LogP contribution in [-0.2, 0) is 16.0 Å². The number of nitrogens with one attached hydrogen (secondary N) is 1. The molecule has 1 aliphatic carbocycles. The number of ether oxygens (including phenoxy) is 1. The summed E-state index contributed by atoms with van der Waals surface area (Å²) in [4.78, 5) is 33.3. The Balaban J connectivity index is 0.00000353. The molecule has 0 spiro atoms. The van der Waals surface area contributed by atoms with Gasteiger partial charge in [0.2, 0.25) is 0 Å². The number of aromatic nitrogens is 2. The molecule has 2 atom stereocenters. The minimum atomic E-state index is -0.309. The van der Waals surface area contributed by atoms with E-state index in [4.69, 9.17) is 9.72 Å². The van der Waals surface area contributed by atoms with E-state index in [0.29, 0.717) is 18.8 Å². The molecule has 1 aliphatic heterocycles. The number of amides is 1. The topological polar surface area (TPSA) is 76.5 Å². The Hall–Kier alpha value is -3.42. The first kappa shape index (κ1) is 28.6. The second-order valence-corrected chi connectivity index (χ2v) is 9.99. The molecule has 2 aliphatic rings. The molecule has 1 saturated heterocycles. The molecule has 2 fully saturated rings. The molecule has 2 aromatic carbocycles. The maximum atomic E-state index is 14.2. The highest BCUT2D eigenvalue weighted by molar-refractivity contribution is 5.98. The van der Waals surface area contributed by atoms with Crippen LogP contribution < -0.4 is 5.32 Å². The van der Waals surface area contributed by atoms with Gasteiger partial charge in [-0.15, -0.1) is 12.4 Å². The SMILES string of the molecule is CCOC(=O)/C=C1\CCCC[C@@H]1n1cnc(C(=O)N2CCNC[C@H]2Cc2ccccc2)c1-c1ccccc1.Cl. The average Bonchev–Trinajstić information content (AvgIpc) is 3.39. The molecular formula is C31H37ClN4O3. The number of nitrogens with zero attached hydrogens (tertiary/aromatic N) is 3. The number of benzene rings is 2. The molecule has 0 radical (unpaired) electrons. The smallest absolute Gasteiger partial charge is 0.330 e. The molecule has 206 valence electrons. The zero-order chi connectivity index (χ0) is 26.3. The van der Waals surface area contributed by atoms with Crippen molar-refractivity contribution in [3.63, 3.8) is 0 Å². The van der Waals surface area contributed by atoms with Crippen LogP contribution in [0.1, 0.15) is 54.7 Å². The van der Waals surface area contributed by atoms with Crippen LogP contribution in [0.2, 0.25) is 0 Å². The summed E-state index contributed by atoms with van der Waals surface area (Å²) >= 11 is 0. The van der Waals surface area contributed by atoms with E-state index in [2.05, 4.69) is 22.0 Å². The van der Waals surface area contributed by atoms with Crippen molar-refractivity contribution in [2.75, 3.05) is 26.2 Å². The van der Waals surface area contributed by atoms with Gasteiger partial charge >= 0.3 is 5.97 Å². The third kappa shape index (κ3) is 6.60. The van der Waals surface area contributed by atoms with Gasteiger partial charge in [0.1, 0.15) is 0 Å². The molecule has 1 N–H and O–H groups in total. The number of rotatable bonds is 7. The van der Waals surface area contributed by atoms with Gasteiger partial charge in [0.05, 0.1) is 24.7 Å². The Morgan fingerprint density at radius 3 is 2.56 bits per heavy atom. The molecule has 3 aromatic rings. The van der Waals surface area contributed by atoms with Crippen molar-refractivity contribution in [2.24, 2.45) is 0 Å². The van der Waals surface area contributed by atoms with Gasteiger partial charge in [0.25, 0.3) is 5.91 Å². The van der Waals surface area contributed by atoms with Crippen LogP contribution in [0.25, 0.3) is 11.3 Å². The number of hydrogen-bond acceptors (Lipinski definition) is 5. The summed E-state index contributed by atoms with van der Waals surface area (Å²) in [6.07, 6.45) is 8.03. The van der Waals surface area contributed by atoms with Gasteiger partial charge in [-0.25, -0.2) is 9.78 Å². The van der Waals surface area contributed by atoms with Gasteiger partial charge in [0, 0.05) is 37.3 Å². The summed E-state index contributed by atoms with van der Waals surface area (Å²) in [6.45, 7) is 4.30. The average molecular weight is 549 g/mol. The standard InChI is InChI=1S/C31H36N4O3.ClH/c1-2-38-28(36)20-25-15-9-10-16-27(25)35-22-33-29(30(35)24-13-7-4-8-14-24)31(37)34-18-17-32-21-26(34)19-23-11-5-3-6-12-23;/h3-8,11-14,20,22,26-27,32H,2,9-10,15-19,21H2,1H3;1H/b25-20+;/t26-,27+;/m1./s1. The molecule has 1 saturated carbocycles. The summed E-state index contributed by atoms with van der Waals surface area (Å²) in [5.41, 5.74) is 4.48. The monoisotopic (exact) mass is 548 g/mol. The Bertz CT molecular complexity index is 1280. The van der Waals surface area contributed by atoms with Crippen LogP contribution in [0.5, 0.6) is 0 Å². The van der Waals surface area contributed by atoms with Crippen molar-refractivity contribution in [2.45, 2.75) is 51.1 Å². The number of imidazole rings is 1. The van der Waals surface area contributed by atoms with Crippen molar-refractivity contribution in [3.05, 3.63) is 89.9 Å². The predicted molar refractivity (Wildman–Crippen MR) is 155 cm³/mol. The van der Waals surface area contributed by atoms with Crippen LogP contribution in [0.4, 0.5) is 0 Å². The van der Waals surface area contributed by atoms with E-state index < -0.39 is 0 Å². The summed E-state index contributed by atoms with van der Waals surface area (Å²) in [5.74, 6) is -0.353. The number of carbonyl (C=O) groups is 2. The molecule has 2 heterocycles. The second kappa shape index (κ2) is 13.6. The molecular weight excluding hydrogens is 512 g/mol. The normalized spacial score (nSPS) is 20.3. The second-order valence-electron chi connectivity index (χ2n) is 9.99. The zero-order valence-electron chi connectivity index (χ0n) is 22.4. The minimum Gasteiger partial charge on any atom is -0.463 e. The summed E-state index contributed by atoms with van der Waals surface area (Å²) in [5, 5.41) is 3.46. The Morgan fingerprint density at radius 1 is 1.08 bits per heavy atom. The fourth-order valence-electron chi connectivity index (χ4n) is 5.71. The minimum absolute atomic E-state index is 0. The van der Waals surface area contributed by atoms with Crippen molar-refractivity contribution in [1.82, 2.24) is 19.8 Å². The molecule has 0 bridgehead atoms. The van der Waals surface area contributed by atoms with Gasteiger partial charge in [-0.05, 0) is 43.7 Å². The lowest BCUT2D eigenvalue weighted by atomic mass is 9.89. The first-order chi connectivity index (χ1) is 18.7. The maximum Gasteiger partial charge on any atom is 0.330 e. The van der Waals surface area contributed by atoms with Crippen LogP contribution in [-0.4, -0.2) is 58.6 Å². The van der Waals surface area contributed by atoms with E-state index in [9.17, 15) is 9.59 Å². The highest BCUT2D eigenvalue weighted by Gasteiger charge is 2.33. The molecule has 39 heavy (non-hydrogen) atoms. The fourth-order valence-corrected chi connectivity index (χ4v) is 5.71. The Morgan fingerprint density at radius 2 is 1.82 bits per heavy atom. The predicted octanol–water partition coefficient (Wildman–Crippen LogP) is 5.23. The highest BCUT2D eigenvalue weighted by atomic mass is 35.5. The third-order valence-corrected chi connectivity index (χ3v) is 7.52. The number of halogens is 1. The number of hydrogen-bond donors (Lipinski definition) is 1. The lowest BCUT2D eigenvalue weighted by molar-refractivity contribution is -0.137. The molecule has 0 unspecified atom stereocenters.